The lowest BCUT2D eigenvalue weighted by molar-refractivity contribution is 0.692. The van der Waals surface area contributed by atoms with Crippen LogP contribution in [0.1, 0.15) is 37.7 Å². The normalized spacial score (nSPS) is 13.4. The molecule has 0 saturated carbocycles. The first-order valence-corrected chi connectivity index (χ1v) is 5.87. The Labute approximate surface area is 103 Å². The predicted octanol–water partition coefficient (Wildman–Crippen LogP) is 3.96. The predicted molar refractivity (Wildman–Crippen MR) is 67.9 cm³/mol. The average Bonchev–Trinajstić information content (AvgIpc) is 2.42. The first-order chi connectivity index (χ1) is 8.36. The molecule has 0 fully saturated rings. The molecular formula is C15H16N2. The Hall–Kier alpha value is -2.06. The zero-order valence-corrected chi connectivity index (χ0v) is 9.89. The Morgan fingerprint density at radius 3 is 2.29 bits per heavy atom. The fourth-order valence-electron chi connectivity index (χ4n) is 1.68. The van der Waals surface area contributed by atoms with Crippen molar-refractivity contribution in [2.75, 3.05) is 0 Å². The Bertz CT molecular complexity index is 432. The van der Waals surface area contributed by atoms with Gasteiger partial charge in [-0.2, -0.15) is 10.5 Å². The van der Waals surface area contributed by atoms with Crippen LogP contribution < -0.4 is 0 Å². The largest absolute Gasteiger partial charge is 0.198 e. The van der Waals surface area contributed by atoms with Crippen LogP contribution in [0.15, 0.2) is 42.0 Å². The van der Waals surface area contributed by atoms with E-state index in [1.165, 1.54) is 24.8 Å². The zero-order chi connectivity index (χ0) is 12.3. The lowest BCUT2D eigenvalue weighted by Gasteiger charge is -2.07. The van der Waals surface area contributed by atoms with Gasteiger partial charge in [-0.3, -0.25) is 0 Å². The van der Waals surface area contributed by atoms with Gasteiger partial charge in [0.1, 0.15) is 0 Å². The van der Waals surface area contributed by atoms with Crippen LogP contribution >= 0.6 is 0 Å². The highest BCUT2D eigenvalue weighted by Gasteiger charge is 2.00. The van der Waals surface area contributed by atoms with Crippen molar-refractivity contribution >= 4 is 0 Å². The summed E-state index contributed by atoms with van der Waals surface area (Å²) in [5.41, 5.74) is 2.07. The maximum Gasteiger partial charge on any atom is 0.0991 e. The molecule has 1 aromatic carbocycles. The van der Waals surface area contributed by atoms with Gasteiger partial charge >= 0.3 is 0 Å². The number of nitrogens with zero attached hydrogens (tertiary/aromatic N) is 2. The molecule has 0 atom stereocenters. The Morgan fingerprint density at radius 2 is 1.82 bits per heavy atom. The van der Waals surface area contributed by atoms with Crippen LogP contribution in [0.25, 0.3) is 0 Å². The first kappa shape index (κ1) is 13.0. The summed E-state index contributed by atoms with van der Waals surface area (Å²) in [6.45, 7) is 0. The quantitative estimate of drug-likeness (QED) is 0.678. The molecule has 0 N–H and O–H groups in total. The molecule has 0 unspecified atom stereocenters. The van der Waals surface area contributed by atoms with E-state index in [0.29, 0.717) is 12.0 Å². The minimum absolute atomic E-state index is 0.653. The Balaban J connectivity index is 0.000000171. The second-order valence-electron chi connectivity index (χ2n) is 3.92. The topological polar surface area (TPSA) is 47.6 Å². The molecule has 0 radical (unpaired) electrons. The molecule has 17 heavy (non-hydrogen) atoms. The molecule has 2 rings (SSSR count). The van der Waals surface area contributed by atoms with Crippen molar-refractivity contribution < 1.29 is 0 Å². The van der Waals surface area contributed by atoms with Crippen LogP contribution in [0.2, 0.25) is 0 Å². The molecule has 86 valence electrons. The van der Waals surface area contributed by atoms with E-state index < -0.39 is 0 Å². The minimum atomic E-state index is 0.653. The van der Waals surface area contributed by atoms with Crippen LogP contribution in [-0.2, 0) is 0 Å². The molecule has 0 heterocycles. The lowest BCUT2D eigenvalue weighted by Crippen LogP contribution is -1.89. The van der Waals surface area contributed by atoms with Crippen LogP contribution in [0.3, 0.4) is 0 Å². The molecule has 1 aromatic rings. The van der Waals surface area contributed by atoms with Crippen molar-refractivity contribution in [3.63, 3.8) is 0 Å². The van der Waals surface area contributed by atoms with Crippen molar-refractivity contribution in [3.05, 3.63) is 47.5 Å². The maximum atomic E-state index is 8.33. The highest BCUT2D eigenvalue weighted by atomic mass is 14.2. The van der Waals surface area contributed by atoms with Gasteiger partial charge in [0.2, 0.25) is 0 Å². The van der Waals surface area contributed by atoms with E-state index in [1.807, 2.05) is 24.3 Å². The van der Waals surface area contributed by atoms with Gasteiger partial charge in [-0.1, -0.05) is 29.8 Å². The second kappa shape index (κ2) is 8.13. The number of nitriles is 2. The SMILES string of the molecule is N#CCC1=CCCCC1.N#Cc1ccccc1. The van der Waals surface area contributed by atoms with Gasteiger partial charge in [-0.25, -0.2) is 0 Å². The van der Waals surface area contributed by atoms with Gasteiger partial charge < -0.3 is 0 Å². The van der Waals surface area contributed by atoms with E-state index in [0.717, 1.165) is 6.42 Å². The third kappa shape index (κ3) is 5.54. The lowest BCUT2D eigenvalue weighted by atomic mass is 9.98. The second-order valence-corrected chi connectivity index (χ2v) is 3.92. The third-order valence-corrected chi connectivity index (χ3v) is 2.59. The van der Waals surface area contributed by atoms with Crippen LogP contribution in [-0.4, -0.2) is 0 Å². The number of allylic oxidation sites excluding steroid dienone is 2. The van der Waals surface area contributed by atoms with E-state index in [4.69, 9.17) is 10.5 Å². The van der Waals surface area contributed by atoms with Gasteiger partial charge in [0.15, 0.2) is 0 Å². The summed E-state index contributed by atoms with van der Waals surface area (Å²) in [5.74, 6) is 0. The zero-order valence-electron chi connectivity index (χ0n) is 9.89. The van der Waals surface area contributed by atoms with Gasteiger partial charge in [0.05, 0.1) is 24.1 Å². The Morgan fingerprint density at radius 1 is 1.06 bits per heavy atom. The molecule has 0 amide bonds. The molecule has 1 aliphatic rings. The molecule has 2 nitrogen and oxygen atoms in total. The summed E-state index contributed by atoms with van der Waals surface area (Å²) in [7, 11) is 0. The summed E-state index contributed by atoms with van der Waals surface area (Å²) >= 11 is 0. The van der Waals surface area contributed by atoms with Crippen molar-refractivity contribution in [3.8, 4) is 12.1 Å². The molecule has 0 spiro atoms. The smallest absolute Gasteiger partial charge is 0.0991 e. The summed E-state index contributed by atoms with van der Waals surface area (Å²) in [6, 6.07) is 13.3. The summed E-state index contributed by atoms with van der Waals surface area (Å²) in [4.78, 5) is 0. The highest BCUT2D eigenvalue weighted by molar-refractivity contribution is 5.27. The molecule has 0 saturated heterocycles. The van der Waals surface area contributed by atoms with E-state index in [-0.39, 0.29) is 0 Å². The summed E-state index contributed by atoms with van der Waals surface area (Å²) in [6.07, 6.45) is 7.82. The van der Waals surface area contributed by atoms with E-state index in [1.54, 1.807) is 12.1 Å². The molecule has 0 aromatic heterocycles. The number of hydrogen-bond donors (Lipinski definition) is 0. The van der Waals surface area contributed by atoms with Gasteiger partial charge in [-0.15, -0.1) is 0 Å². The fourth-order valence-corrected chi connectivity index (χ4v) is 1.68. The Kier molecular flexibility index (Phi) is 6.22. The summed E-state index contributed by atoms with van der Waals surface area (Å²) in [5, 5.41) is 16.6. The van der Waals surface area contributed by atoms with Crippen molar-refractivity contribution in [1.29, 1.82) is 10.5 Å². The third-order valence-electron chi connectivity index (χ3n) is 2.59. The maximum absolute atomic E-state index is 8.33. The number of benzene rings is 1. The number of rotatable bonds is 1. The highest BCUT2D eigenvalue weighted by Crippen LogP contribution is 2.18. The molecule has 0 aliphatic heterocycles. The van der Waals surface area contributed by atoms with Crippen LogP contribution in [0.4, 0.5) is 0 Å². The minimum Gasteiger partial charge on any atom is -0.198 e. The molecule has 0 bridgehead atoms. The average molecular weight is 224 g/mol. The molecule has 1 aliphatic carbocycles. The van der Waals surface area contributed by atoms with E-state index in [2.05, 4.69) is 12.1 Å². The fraction of sp³-hybridized carbons (Fsp3) is 0.333. The monoisotopic (exact) mass is 224 g/mol. The standard InChI is InChI=1S/C8H11N.C7H5N/c9-7-6-8-4-2-1-3-5-8;8-6-7-4-2-1-3-5-7/h4H,1-3,5-6H2;1-5H. The van der Waals surface area contributed by atoms with Crippen molar-refractivity contribution in [1.82, 2.24) is 0 Å². The van der Waals surface area contributed by atoms with Crippen LogP contribution in [0.5, 0.6) is 0 Å². The first-order valence-electron chi connectivity index (χ1n) is 5.87. The van der Waals surface area contributed by atoms with Crippen LogP contribution in [0, 0.1) is 22.7 Å². The van der Waals surface area contributed by atoms with E-state index >= 15 is 0 Å². The van der Waals surface area contributed by atoms with Gasteiger partial charge in [0.25, 0.3) is 0 Å². The summed E-state index contributed by atoms with van der Waals surface area (Å²) < 4.78 is 0. The van der Waals surface area contributed by atoms with E-state index in [9.17, 15) is 0 Å². The molecular weight excluding hydrogens is 208 g/mol. The van der Waals surface area contributed by atoms with Gasteiger partial charge in [-0.05, 0) is 37.8 Å². The van der Waals surface area contributed by atoms with Gasteiger partial charge in [0, 0.05) is 0 Å². The van der Waals surface area contributed by atoms with Crippen molar-refractivity contribution in [2.24, 2.45) is 0 Å². The number of hydrogen-bond acceptors (Lipinski definition) is 2. The molecule has 2 heteroatoms. The van der Waals surface area contributed by atoms with Crippen molar-refractivity contribution in [2.45, 2.75) is 32.1 Å².